The molecule has 0 saturated heterocycles. The summed E-state index contributed by atoms with van der Waals surface area (Å²) < 4.78 is 1.77. The zero-order valence-electron chi connectivity index (χ0n) is 7.90. The Bertz CT molecular complexity index is 487. The van der Waals surface area contributed by atoms with Crippen molar-refractivity contribution >= 4 is 11.4 Å². The van der Waals surface area contributed by atoms with Crippen molar-refractivity contribution in [3.63, 3.8) is 0 Å². The first-order valence-corrected chi connectivity index (χ1v) is 4.41. The van der Waals surface area contributed by atoms with E-state index in [-0.39, 0.29) is 12.3 Å². The van der Waals surface area contributed by atoms with Crippen molar-refractivity contribution in [2.45, 2.75) is 6.92 Å². The maximum atomic E-state index is 11.5. The number of nitrogens with zero attached hydrogens (tertiary/aromatic N) is 2. The predicted octanol–water partition coefficient (Wildman–Crippen LogP) is 0.784. The van der Waals surface area contributed by atoms with Crippen molar-refractivity contribution in [3.05, 3.63) is 35.8 Å². The van der Waals surface area contributed by atoms with Crippen LogP contribution in [0.1, 0.15) is 16.2 Å². The first-order valence-electron chi connectivity index (χ1n) is 4.41. The van der Waals surface area contributed by atoms with E-state index in [9.17, 15) is 4.79 Å². The quantitative estimate of drug-likeness (QED) is 0.710. The van der Waals surface area contributed by atoms with Crippen LogP contribution >= 0.6 is 0 Å². The predicted molar refractivity (Wildman–Crippen MR) is 53.3 cm³/mol. The average molecular weight is 189 g/mol. The molecule has 2 aromatic heterocycles. The lowest BCUT2D eigenvalue weighted by Gasteiger charge is -1.98. The van der Waals surface area contributed by atoms with E-state index in [1.165, 1.54) is 0 Å². The number of pyridine rings is 1. The second-order valence-electron chi connectivity index (χ2n) is 3.10. The number of imidazole rings is 1. The molecule has 2 N–H and O–H groups in total. The minimum absolute atomic E-state index is 0.0174. The van der Waals surface area contributed by atoms with Crippen molar-refractivity contribution in [3.8, 4) is 0 Å². The van der Waals surface area contributed by atoms with Gasteiger partial charge in [-0.3, -0.25) is 9.20 Å². The standard InChI is InChI=1S/C10H11N3O/c1-7-10(8(14)6-11)13-5-3-2-4-9(13)12-7/h2-5H,6,11H2,1H3. The molecular formula is C10H11N3O. The summed E-state index contributed by atoms with van der Waals surface area (Å²) >= 11 is 0. The summed E-state index contributed by atoms with van der Waals surface area (Å²) in [7, 11) is 0. The molecule has 0 amide bonds. The number of ketones is 1. The van der Waals surface area contributed by atoms with Gasteiger partial charge < -0.3 is 5.73 Å². The largest absolute Gasteiger partial charge is 0.324 e. The van der Waals surface area contributed by atoms with Crippen LogP contribution in [0.15, 0.2) is 24.4 Å². The molecule has 2 rings (SSSR count). The number of nitrogens with two attached hydrogens (primary N) is 1. The third-order valence-corrected chi connectivity index (χ3v) is 2.15. The SMILES string of the molecule is Cc1nc2ccccn2c1C(=O)CN. The lowest BCUT2D eigenvalue weighted by molar-refractivity contribution is 0.0995. The van der Waals surface area contributed by atoms with Crippen LogP contribution in [0.25, 0.3) is 5.65 Å². The first-order chi connectivity index (χ1) is 6.74. The molecule has 0 fully saturated rings. The minimum Gasteiger partial charge on any atom is -0.324 e. The Hall–Kier alpha value is -1.68. The Morgan fingerprint density at radius 1 is 1.57 bits per heavy atom. The molecule has 0 aliphatic heterocycles. The number of hydrogen-bond acceptors (Lipinski definition) is 3. The number of rotatable bonds is 2. The molecule has 0 radical (unpaired) electrons. The average Bonchev–Trinajstić information content (AvgIpc) is 2.53. The van der Waals surface area contributed by atoms with E-state index >= 15 is 0 Å². The number of aryl methyl sites for hydroxylation is 1. The van der Waals surface area contributed by atoms with Crippen LogP contribution in [0.2, 0.25) is 0 Å². The van der Waals surface area contributed by atoms with Crippen LogP contribution in [0.3, 0.4) is 0 Å². The molecule has 0 atom stereocenters. The van der Waals surface area contributed by atoms with E-state index in [4.69, 9.17) is 5.73 Å². The van der Waals surface area contributed by atoms with Gasteiger partial charge in [0.05, 0.1) is 12.2 Å². The highest BCUT2D eigenvalue weighted by molar-refractivity contribution is 5.97. The van der Waals surface area contributed by atoms with Gasteiger partial charge in [-0.15, -0.1) is 0 Å². The summed E-state index contributed by atoms with van der Waals surface area (Å²) in [5.74, 6) is -0.0822. The molecule has 4 heteroatoms. The third kappa shape index (κ3) is 1.20. The third-order valence-electron chi connectivity index (χ3n) is 2.15. The number of aromatic nitrogens is 2. The Kier molecular flexibility index (Phi) is 2.05. The molecule has 4 nitrogen and oxygen atoms in total. The second-order valence-corrected chi connectivity index (χ2v) is 3.10. The first kappa shape index (κ1) is 8.90. The van der Waals surface area contributed by atoms with Crippen LogP contribution in [-0.2, 0) is 0 Å². The fourth-order valence-electron chi connectivity index (χ4n) is 1.55. The summed E-state index contributed by atoms with van der Waals surface area (Å²) in [6, 6.07) is 5.61. The zero-order valence-corrected chi connectivity index (χ0v) is 7.90. The molecule has 0 spiro atoms. The summed E-state index contributed by atoms with van der Waals surface area (Å²) in [5.41, 5.74) is 7.43. The highest BCUT2D eigenvalue weighted by atomic mass is 16.1. The van der Waals surface area contributed by atoms with E-state index in [0.29, 0.717) is 5.69 Å². The van der Waals surface area contributed by atoms with Crippen molar-refractivity contribution in [1.29, 1.82) is 0 Å². The molecule has 0 bridgehead atoms. The fraction of sp³-hybridized carbons (Fsp3) is 0.200. The normalized spacial score (nSPS) is 10.7. The highest BCUT2D eigenvalue weighted by Crippen LogP contribution is 2.11. The Morgan fingerprint density at radius 2 is 2.36 bits per heavy atom. The van der Waals surface area contributed by atoms with Gasteiger partial charge in [0.2, 0.25) is 0 Å². The molecule has 0 saturated carbocycles. The highest BCUT2D eigenvalue weighted by Gasteiger charge is 2.13. The Labute approximate surface area is 81.4 Å². The van der Waals surface area contributed by atoms with Gasteiger partial charge in [-0.25, -0.2) is 4.98 Å². The summed E-state index contributed by atoms with van der Waals surface area (Å²) in [6.45, 7) is 1.83. The van der Waals surface area contributed by atoms with E-state index in [0.717, 1.165) is 11.3 Å². The van der Waals surface area contributed by atoms with Crippen LogP contribution in [-0.4, -0.2) is 21.7 Å². The number of carbonyl (C=O) groups is 1. The molecule has 0 aliphatic carbocycles. The van der Waals surface area contributed by atoms with Gasteiger partial charge in [-0.05, 0) is 19.1 Å². The maximum Gasteiger partial charge on any atom is 0.194 e. The number of hydrogen-bond donors (Lipinski definition) is 1. The molecule has 72 valence electrons. The van der Waals surface area contributed by atoms with Crippen LogP contribution in [0, 0.1) is 6.92 Å². The Balaban J connectivity index is 2.74. The van der Waals surface area contributed by atoms with Crippen LogP contribution in [0.4, 0.5) is 0 Å². The van der Waals surface area contributed by atoms with Gasteiger partial charge in [0.15, 0.2) is 5.78 Å². The van der Waals surface area contributed by atoms with E-state index in [2.05, 4.69) is 4.98 Å². The van der Waals surface area contributed by atoms with Gasteiger partial charge in [0.1, 0.15) is 11.3 Å². The number of Topliss-reactive ketones (excluding diaryl/α,β-unsaturated/α-hetero) is 1. The van der Waals surface area contributed by atoms with E-state index in [1.807, 2.05) is 31.3 Å². The fourth-order valence-corrected chi connectivity index (χ4v) is 1.55. The number of fused-ring (bicyclic) bond motifs is 1. The van der Waals surface area contributed by atoms with Crippen LogP contribution < -0.4 is 5.73 Å². The summed E-state index contributed by atoms with van der Waals surface area (Å²) in [4.78, 5) is 15.8. The molecule has 0 unspecified atom stereocenters. The van der Waals surface area contributed by atoms with Gasteiger partial charge in [-0.2, -0.15) is 0 Å². The van der Waals surface area contributed by atoms with Crippen molar-refractivity contribution < 1.29 is 4.79 Å². The van der Waals surface area contributed by atoms with Gasteiger partial charge in [0, 0.05) is 6.20 Å². The van der Waals surface area contributed by atoms with Gasteiger partial charge in [0.25, 0.3) is 0 Å². The minimum atomic E-state index is -0.0822. The molecule has 2 aromatic rings. The molecule has 0 aromatic carbocycles. The monoisotopic (exact) mass is 189 g/mol. The molecule has 0 aliphatic rings. The molecular weight excluding hydrogens is 178 g/mol. The van der Waals surface area contributed by atoms with Gasteiger partial charge in [-0.1, -0.05) is 6.07 Å². The van der Waals surface area contributed by atoms with Gasteiger partial charge >= 0.3 is 0 Å². The lowest BCUT2D eigenvalue weighted by Crippen LogP contribution is -2.16. The molecule has 14 heavy (non-hydrogen) atoms. The van der Waals surface area contributed by atoms with Crippen molar-refractivity contribution in [2.24, 2.45) is 5.73 Å². The van der Waals surface area contributed by atoms with Crippen molar-refractivity contribution in [2.75, 3.05) is 6.54 Å². The second kappa shape index (κ2) is 3.23. The smallest absolute Gasteiger partial charge is 0.194 e. The zero-order chi connectivity index (χ0) is 10.1. The summed E-state index contributed by atoms with van der Waals surface area (Å²) in [5, 5.41) is 0. The van der Waals surface area contributed by atoms with Crippen molar-refractivity contribution in [1.82, 2.24) is 9.38 Å². The maximum absolute atomic E-state index is 11.5. The summed E-state index contributed by atoms with van der Waals surface area (Å²) in [6.07, 6.45) is 1.82. The van der Waals surface area contributed by atoms with Crippen LogP contribution in [0.5, 0.6) is 0 Å². The van der Waals surface area contributed by atoms with E-state index < -0.39 is 0 Å². The number of carbonyl (C=O) groups excluding carboxylic acids is 1. The van der Waals surface area contributed by atoms with E-state index in [1.54, 1.807) is 4.40 Å². The topological polar surface area (TPSA) is 60.4 Å². The molecule has 2 heterocycles. The lowest BCUT2D eigenvalue weighted by atomic mass is 10.2. The Morgan fingerprint density at radius 3 is 3.07 bits per heavy atom.